The third-order valence-electron chi connectivity index (χ3n) is 1.35. The molecule has 0 saturated carbocycles. The van der Waals surface area contributed by atoms with E-state index in [1.807, 2.05) is 0 Å². The van der Waals surface area contributed by atoms with Crippen molar-refractivity contribution >= 4 is 46.4 Å². The summed E-state index contributed by atoms with van der Waals surface area (Å²) < 4.78 is 0. The first kappa shape index (κ1) is 10.5. The second-order valence-electron chi connectivity index (χ2n) is 2.09. The molecule has 0 radical (unpaired) electrons. The van der Waals surface area contributed by atoms with E-state index in [-0.39, 0.29) is 0 Å². The molecule has 1 aliphatic carbocycles. The third kappa shape index (κ3) is 1.58. The number of ketones is 2. The van der Waals surface area contributed by atoms with Gasteiger partial charge in [0, 0.05) is 0 Å². The smallest absolute Gasteiger partial charge is 0.225 e. The highest BCUT2D eigenvalue weighted by Crippen LogP contribution is 2.29. The number of hydrogen-bond acceptors (Lipinski definition) is 4. The standard InChI is InChI=1S/C6H2Cl3NO3/c7-1-2(8)6(12)4(10-13)3(9)5(1)11/h10,13H. The molecule has 0 aromatic rings. The van der Waals surface area contributed by atoms with Gasteiger partial charge in [-0.3, -0.25) is 20.3 Å². The van der Waals surface area contributed by atoms with Crippen LogP contribution < -0.4 is 5.48 Å². The molecule has 0 spiro atoms. The molecule has 2 N–H and O–H groups in total. The minimum atomic E-state index is -0.821. The van der Waals surface area contributed by atoms with Gasteiger partial charge in [-0.05, 0) is 0 Å². The van der Waals surface area contributed by atoms with Crippen molar-refractivity contribution in [2.24, 2.45) is 0 Å². The number of Topliss-reactive ketones (excluding diaryl/α,β-unsaturated/α-hetero) is 2. The van der Waals surface area contributed by atoms with E-state index in [1.54, 1.807) is 0 Å². The minimum Gasteiger partial charge on any atom is -0.291 e. The van der Waals surface area contributed by atoms with Crippen molar-refractivity contribution in [3.63, 3.8) is 0 Å². The Labute approximate surface area is 87.7 Å². The zero-order valence-electron chi connectivity index (χ0n) is 5.90. The average Bonchev–Trinajstić information content (AvgIpc) is 2.13. The van der Waals surface area contributed by atoms with E-state index >= 15 is 0 Å². The van der Waals surface area contributed by atoms with Gasteiger partial charge >= 0.3 is 0 Å². The maximum absolute atomic E-state index is 11.1. The largest absolute Gasteiger partial charge is 0.291 e. The van der Waals surface area contributed by atoms with E-state index < -0.39 is 32.4 Å². The molecule has 1 rings (SSSR count). The number of halogens is 3. The lowest BCUT2D eigenvalue weighted by molar-refractivity contribution is -0.116. The topological polar surface area (TPSA) is 66.4 Å². The van der Waals surface area contributed by atoms with Crippen LogP contribution in [-0.2, 0) is 9.59 Å². The molecule has 0 aromatic carbocycles. The molecule has 1 aliphatic rings. The molecule has 0 bridgehead atoms. The molecule has 4 nitrogen and oxygen atoms in total. The van der Waals surface area contributed by atoms with Gasteiger partial charge in [-0.2, -0.15) is 0 Å². The molecule has 0 fully saturated rings. The van der Waals surface area contributed by atoms with Crippen LogP contribution in [-0.4, -0.2) is 16.8 Å². The Hall–Kier alpha value is -0.550. The summed E-state index contributed by atoms with van der Waals surface area (Å²) in [4.78, 5) is 22.2. The molecule has 7 heteroatoms. The van der Waals surface area contributed by atoms with Crippen molar-refractivity contribution in [2.75, 3.05) is 0 Å². The first-order valence-electron chi connectivity index (χ1n) is 2.95. The summed E-state index contributed by atoms with van der Waals surface area (Å²) in [5.74, 6) is -1.62. The summed E-state index contributed by atoms with van der Waals surface area (Å²) in [6.07, 6.45) is 0. The van der Waals surface area contributed by atoms with E-state index in [0.717, 1.165) is 0 Å². The summed E-state index contributed by atoms with van der Waals surface area (Å²) >= 11 is 16.2. The monoisotopic (exact) mass is 241 g/mol. The van der Waals surface area contributed by atoms with E-state index in [1.165, 1.54) is 5.48 Å². The molecule has 70 valence electrons. The summed E-state index contributed by atoms with van der Waals surface area (Å²) in [7, 11) is 0. The quantitative estimate of drug-likeness (QED) is 0.536. The Morgan fingerprint density at radius 2 is 1.38 bits per heavy atom. The van der Waals surface area contributed by atoms with Crippen molar-refractivity contribution in [3.05, 3.63) is 20.8 Å². The van der Waals surface area contributed by atoms with Crippen LogP contribution in [0.15, 0.2) is 20.8 Å². The van der Waals surface area contributed by atoms with Crippen LogP contribution in [0.25, 0.3) is 0 Å². The maximum Gasteiger partial charge on any atom is 0.225 e. The zero-order chi connectivity index (χ0) is 10.2. The van der Waals surface area contributed by atoms with Gasteiger partial charge in [0.05, 0.1) is 0 Å². The molecule has 0 unspecified atom stereocenters. The number of carbonyl (C=O) groups excluding carboxylic acids is 2. The fourth-order valence-corrected chi connectivity index (χ4v) is 1.35. The number of rotatable bonds is 1. The third-order valence-corrected chi connectivity index (χ3v) is 2.53. The first-order valence-corrected chi connectivity index (χ1v) is 4.08. The summed E-state index contributed by atoms with van der Waals surface area (Å²) in [5, 5.41) is 7.07. The second kappa shape index (κ2) is 3.67. The Morgan fingerprint density at radius 1 is 0.923 bits per heavy atom. The van der Waals surface area contributed by atoms with Gasteiger partial charge in [0.25, 0.3) is 0 Å². The fourth-order valence-electron chi connectivity index (χ4n) is 0.719. The molecule has 0 saturated heterocycles. The first-order chi connectivity index (χ1) is 6.00. The molecule has 0 amide bonds. The van der Waals surface area contributed by atoms with Gasteiger partial charge < -0.3 is 0 Å². The van der Waals surface area contributed by atoms with E-state index in [9.17, 15) is 9.59 Å². The predicted molar refractivity (Wildman–Crippen MR) is 46.5 cm³/mol. The summed E-state index contributed by atoms with van der Waals surface area (Å²) in [6.45, 7) is 0. The number of hydroxylamine groups is 1. The zero-order valence-corrected chi connectivity index (χ0v) is 8.17. The van der Waals surface area contributed by atoms with E-state index in [2.05, 4.69) is 0 Å². The van der Waals surface area contributed by atoms with Crippen molar-refractivity contribution in [2.45, 2.75) is 0 Å². The van der Waals surface area contributed by atoms with Gasteiger partial charge in [-0.1, -0.05) is 34.8 Å². The molecule has 0 heterocycles. The van der Waals surface area contributed by atoms with Crippen LogP contribution in [0.4, 0.5) is 0 Å². The van der Waals surface area contributed by atoms with Gasteiger partial charge in [-0.15, -0.1) is 0 Å². The molecule has 0 aromatic heterocycles. The van der Waals surface area contributed by atoms with Crippen molar-refractivity contribution < 1.29 is 14.8 Å². The van der Waals surface area contributed by atoms with Gasteiger partial charge in [0.15, 0.2) is 0 Å². The second-order valence-corrected chi connectivity index (χ2v) is 3.22. The van der Waals surface area contributed by atoms with Crippen LogP contribution in [0.2, 0.25) is 0 Å². The Bertz CT molecular complexity index is 358. The van der Waals surface area contributed by atoms with Gasteiger partial charge in [0.2, 0.25) is 11.6 Å². The predicted octanol–water partition coefficient (Wildman–Crippen LogP) is 1.26. The van der Waals surface area contributed by atoms with E-state index in [4.69, 9.17) is 40.0 Å². The van der Waals surface area contributed by atoms with E-state index in [0.29, 0.717) is 0 Å². The van der Waals surface area contributed by atoms with Crippen molar-refractivity contribution in [3.8, 4) is 0 Å². The summed E-state index contributed by atoms with van der Waals surface area (Å²) in [5.41, 5.74) is 1.01. The van der Waals surface area contributed by atoms with Gasteiger partial charge in [-0.25, -0.2) is 0 Å². The molecule has 13 heavy (non-hydrogen) atoms. The highest BCUT2D eigenvalue weighted by atomic mass is 35.5. The maximum atomic E-state index is 11.1. The minimum absolute atomic E-state index is 0.448. The van der Waals surface area contributed by atoms with Crippen LogP contribution in [0.5, 0.6) is 0 Å². The molecular formula is C6H2Cl3NO3. The van der Waals surface area contributed by atoms with Crippen LogP contribution >= 0.6 is 34.8 Å². The Morgan fingerprint density at radius 3 is 1.85 bits per heavy atom. The highest BCUT2D eigenvalue weighted by Gasteiger charge is 2.32. The van der Waals surface area contributed by atoms with Crippen LogP contribution in [0.1, 0.15) is 0 Å². The SMILES string of the molecule is O=C1C(Cl)=C(Cl)C(=O)C(NO)=C1Cl. The summed E-state index contributed by atoms with van der Waals surface area (Å²) in [6, 6.07) is 0. The van der Waals surface area contributed by atoms with Crippen LogP contribution in [0, 0.1) is 0 Å². The number of allylic oxidation sites excluding steroid dienone is 3. The lowest BCUT2D eigenvalue weighted by Crippen LogP contribution is -2.25. The normalized spacial score (nSPS) is 18.5. The molecular weight excluding hydrogens is 240 g/mol. The number of hydrogen-bond donors (Lipinski definition) is 2. The average molecular weight is 242 g/mol. The van der Waals surface area contributed by atoms with Gasteiger partial charge in [0.1, 0.15) is 20.8 Å². The van der Waals surface area contributed by atoms with Crippen LogP contribution in [0.3, 0.4) is 0 Å². The Balaban J connectivity index is 3.29. The lowest BCUT2D eigenvalue weighted by atomic mass is 10.1. The highest BCUT2D eigenvalue weighted by molar-refractivity contribution is 6.64. The molecule has 0 aliphatic heterocycles. The lowest BCUT2D eigenvalue weighted by Gasteiger charge is -2.12. The number of nitrogens with one attached hydrogen (secondary N) is 1. The number of carbonyl (C=O) groups is 2. The van der Waals surface area contributed by atoms with Crippen molar-refractivity contribution in [1.29, 1.82) is 0 Å². The molecule has 0 atom stereocenters. The Kier molecular flexibility index (Phi) is 2.98. The van der Waals surface area contributed by atoms with Crippen molar-refractivity contribution in [1.82, 2.24) is 5.48 Å². The fraction of sp³-hybridized carbons (Fsp3) is 0.